The van der Waals surface area contributed by atoms with Gasteiger partial charge in [0.25, 0.3) is 0 Å². The molecule has 1 saturated heterocycles. The maximum Gasteiger partial charge on any atom is 0.247 e. The molecule has 1 atom stereocenters. The zero-order valence-corrected chi connectivity index (χ0v) is 20.3. The van der Waals surface area contributed by atoms with Crippen LogP contribution in [0, 0.1) is 0 Å². The fraction of sp³-hybridized carbons (Fsp3) is 0.500. The van der Waals surface area contributed by atoms with Gasteiger partial charge in [0.05, 0.1) is 34.2 Å². The Morgan fingerprint density at radius 1 is 1.21 bits per heavy atom. The van der Waals surface area contributed by atoms with Crippen LogP contribution in [0.25, 0.3) is 5.65 Å². The maximum absolute atomic E-state index is 10.7. The summed E-state index contributed by atoms with van der Waals surface area (Å²) < 4.78 is 1.55. The third kappa shape index (κ3) is 4.38. The van der Waals surface area contributed by atoms with Gasteiger partial charge in [-0.2, -0.15) is 9.50 Å². The molecule has 7 N–H and O–H groups in total. The Hall–Kier alpha value is -3.02. The normalized spacial score (nSPS) is 19.6. The van der Waals surface area contributed by atoms with E-state index in [1.54, 1.807) is 16.8 Å². The fourth-order valence-corrected chi connectivity index (χ4v) is 4.67. The van der Waals surface area contributed by atoms with E-state index in [0.29, 0.717) is 52.2 Å². The van der Waals surface area contributed by atoms with Crippen molar-refractivity contribution in [2.45, 2.75) is 44.4 Å². The number of halogens is 1. The monoisotopic (exact) mass is 486 g/mol. The molecule has 2 aromatic heterocycles. The molecule has 3 heterocycles. The molecule has 34 heavy (non-hydrogen) atoms. The average molecular weight is 487 g/mol. The number of anilines is 6. The molecule has 1 aromatic carbocycles. The largest absolute Gasteiger partial charge is 0.399 e. The number of hydrogen-bond donors (Lipinski definition) is 5. The molecule has 11 nitrogen and oxygen atoms in total. The van der Waals surface area contributed by atoms with E-state index in [1.165, 1.54) is 0 Å². The molecule has 3 aromatic rings. The van der Waals surface area contributed by atoms with Crippen LogP contribution in [0.5, 0.6) is 0 Å². The Morgan fingerprint density at radius 2 is 1.97 bits per heavy atom. The summed E-state index contributed by atoms with van der Waals surface area (Å²) in [4.78, 5) is 13.3. The maximum atomic E-state index is 10.7. The molecule has 0 amide bonds. The first-order valence-corrected chi connectivity index (χ1v) is 11.8. The van der Waals surface area contributed by atoms with Crippen LogP contribution >= 0.6 is 11.6 Å². The molecule has 1 saturated carbocycles. The minimum absolute atomic E-state index is 0.0545. The molecule has 0 spiro atoms. The van der Waals surface area contributed by atoms with Gasteiger partial charge in [-0.3, -0.25) is 4.90 Å². The number of nitrogen functional groups attached to an aromatic ring is 2. The van der Waals surface area contributed by atoms with Gasteiger partial charge in [0.2, 0.25) is 5.95 Å². The van der Waals surface area contributed by atoms with E-state index >= 15 is 0 Å². The van der Waals surface area contributed by atoms with Crippen molar-refractivity contribution < 1.29 is 5.11 Å². The minimum atomic E-state index is -0.861. The topological polar surface area (TPSA) is 146 Å². The highest BCUT2D eigenvalue weighted by Crippen LogP contribution is 2.38. The molecule has 0 radical (unpaired) electrons. The van der Waals surface area contributed by atoms with Gasteiger partial charge >= 0.3 is 0 Å². The van der Waals surface area contributed by atoms with E-state index in [9.17, 15) is 5.11 Å². The van der Waals surface area contributed by atoms with Gasteiger partial charge < -0.3 is 32.1 Å². The van der Waals surface area contributed by atoms with Crippen molar-refractivity contribution in [3.05, 3.63) is 23.4 Å². The molecule has 2 fully saturated rings. The van der Waals surface area contributed by atoms with Crippen LogP contribution in [-0.4, -0.2) is 74.0 Å². The molecular weight excluding hydrogens is 456 g/mol. The van der Waals surface area contributed by atoms with Crippen molar-refractivity contribution in [1.29, 1.82) is 0 Å². The van der Waals surface area contributed by atoms with Gasteiger partial charge in [-0.15, -0.1) is 5.10 Å². The summed E-state index contributed by atoms with van der Waals surface area (Å²) in [7, 11) is 2.02. The number of fused-ring (bicyclic) bond motifs is 1. The summed E-state index contributed by atoms with van der Waals surface area (Å²) in [6.45, 7) is 5.82. The van der Waals surface area contributed by atoms with Crippen LogP contribution in [0.1, 0.15) is 26.7 Å². The van der Waals surface area contributed by atoms with Gasteiger partial charge in [0.1, 0.15) is 5.82 Å². The summed E-state index contributed by atoms with van der Waals surface area (Å²) in [5, 5.41) is 22.3. The van der Waals surface area contributed by atoms with E-state index in [1.807, 2.05) is 27.0 Å². The van der Waals surface area contributed by atoms with Crippen molar-refractivity contribution in [2.75, 3.05) is 53.7 Å². The number of rotatable bonds is 6. The molecule has 1 aliphatic heterocycles. The predicted octanol–water partition coefficient (Wildman–Crippen LogP) is 2.15. The number of hydrogen-bond acceptors (Lipinski definition) is 10. The molecule has 0 bridgehead atoms. The number of nitrogens with two attached hydrogens (primary N) is 2. The highest BCUT2D eigenvalue weighted by Gasteiger charge is 2.36. The van der Waals surface area contributed by atoms with Crippen molar-refractivity contribution in [1.82, 2.24) is 24.5 Å². The molecule has 182 valence electrons. The van der Waals surface area contributed by atoms with Crippen molar-refractivity contribution in [3.8, 4) is 0 Å². The van der Waals surface area contributed by atoms with E-state index in [-0.39, 0.29) is 6.04 Å². The van der Waals surface area contributed by atoms with Gasteiger partial charge in [-0.25, -0.2) is 4.98 Å². The molecular formula is C22H31ClN10O. The van der Waals surface area contributed by atoms with Gasteiger partial charge in [0.15, 0.2) is 11.5 Å². The van der Waals surface area contributed by atoms with Crippen LogP contribution in [0.3, 0.4) is 0 Å². The third-order valence-electron chi connectivity index (χ3n) is 6.43. The second-order valence-corrected chi connectivity index (χ2v) is 10.1. The second kappa shape index (κ2) is 8.33. The Labute approximate surface area is 203 Å². The number of piperazine rings is 1. The number of nitrogens with zero attached hydrogens (tertiary/aromatic N) is 6. The first-order chi connectivity index (χ1) is 16.1. The lowest BCUT2D eigenvalue weighted by atomic mass is 9.95. The average Bonchev–Trinajstić information content (AvgIpc) is 3.51. The molecule has 12 heteroatoms. The Balaban J connectivity index is 1.48. The van der Waals surface area contributed by atoms with Gasteiger partial charge in [-0.1, -0.05) is 11.6 Å². The Kier molecular flexibility index (Phi) is 5.58. The van der Waals surface area contributed by atoms with Crippen molar-refractivity contribution in [2.24, 2.45) is 0 Å². The van der Waals surface area contributed by atoms with Crippen LogP contribution in [0.15, 0.2) is 18.3 Å². The fourth-order valence-electron chi connectivity index (χ4n) is 4.40. The molecule has 1 aliphatic carbocycles. The van der Waals surface area contributed by atoms with Crippen LogP contribution in [0.2, 0.25) is 5.02 Å². The van der Waals surface area contributed by atoms with Crippen LogP contribution < -0.4 is 27.0 Å². The summed E-state index contributed by atoms with van der Waals surface area (Å²) in [5.41, 5.74) is 14.0. The highest BCUT2D eigenvalue weighted by molar-refractivity contribution is 6.36. The first-order valence-electron chi connectivity index (χ1n) is 11.4. The summed E-state index contributed by atoms with van der Waals surface area (Å²) >= 11 is 6.87. The minimum Gasteiger partial charge on any atom is -0.399 e. The smallest absolute Gasteiger partial charge is 0.247 e. The zero-order chi connectivity index (χ0) is 24.2. The van der Waals surface area contributed by atoms with E-state index < -0.39 is 5.60 Å². The summed E-state index contributed by atoms with van der Waals surface area (Å²) in [5.74, 6) is 1.35. The number of benzene rings is 1. The highest BCUT2D eigenvalue weighted by atomic mass is 35.5. The summed E-state index contributed by atoms with van der Waals surface area (Å²) in [6, 6.07) is 3.95. The number of aromatic nitrogens is 4. The number of aliphatic hydroxyl groups is 1. The van der Waals surface area contributed by atoms with Crippen LogP contribution in [0.4, 0.5) is 34.6 Å². The zero-order valence-electron chi connectivity index (χ0n) is 19.6. The third-order valence-corrected chi connectivity index (χ3v) is 6.83. The lowest BCUT2D eigenvalue weighted by molar-refractivity contribution is -0.0140. The standard InChI is InChI=1S/C22H31ClN10O/c1-22(2,34)16-11-32(7-6-31(16)3)15-9-12(24)8-14(18(15)23)28-21-29-19(27-13-4-5-13)20-26-10-17(25)33(20)30-21/h8-10,13,16,34H,4-7,11,24-25H2,1-3H3,(H2,27,28,29,30). The quantitative estimate of drug-likeness (QED) is 0.328. The number of likely N-dealkylation sites (N-methyl/N-ethyl adjacent to an activating group) is 1. The lowest BCUT2D eigenvalue weighted by Crippen LogP contribution is -2.59. The lowest BCUT2D eigenvalue weighted by Gasteiger charge is -2.45. The van der Waals surface area contributed by atoms with Gasteiger partial charge in [0, 0.05) is 31.4 Å². The second-order valence-electron chi connectivity index (χ2n) is 9.74. The first kappa shape index (κ1) is 22.8. The van der Waals surface area contributed by atoms with E-state index in [0.717, 1.165) is 31.6 Å². The number of imidazole rings is 1. The predicted molar refractivity (Wildman–Crippen MR) is 136 cm³/mol. The molecule has 2 aliphatic rings. The SMILES string of the molecule is CN1CCN(c2cc(N)cc(Nc3nc(NC4CC4)c4ncc(N)n4n3)c2Cl)CC1C(C)(C)O. The Bertz CT molecular complexity index is 1220. The van der Waals surface area contributed by atoms with E-state index in [4.69, 9.17) is 23.1 Å². The molecule has 1 unspecified atom stereocenters. The van der Waals surface area contributed by atoms with E-state index in [2.05, 4.69) is 35.5 Å². The molecule has 5 rings (SSSR count). The van der Waals surface area contributed by atoms with Gasteiger partial charge in [-0.05, 0) is 45.9 Å². The number of nitrogens with one attached hydrogen (secondary N) is 2. The van der Waals surface area contributed by atoms with Crippen molar-refractivity contribution in [3.63, 3.8) is 0 Å². The summed E-state index contributed by atoms with van der Waals surface area (Å²) in [6.07, 6.45) is 3.75. The van der Waals surface area contributed by atoms with Crippen molar-refractivity contribution >= 4 is 51.9 Å². The Morgan fingerprint density at radius 3 is 2.68 bits per heavy atom. The van der Waals surface area contributed by atoms with Crippen LogP contribution in [-0.2, 0) is 0 Å².